The number of aromatic carboxylic acids is 1. The van der Waals surface area contributed by atoms with Gasteiger partial charge in [-0.25, -0.2) is 9.78 Å². The second kappa shape index (κ2) is 3.46. The van der Waals surface area contributed by atoms with Gasteiger partial charge in [0, 0.05) is 0 Å². The van der Waals surface area contributed by atoms with Crippen molar-refractivity contribution >= 4 is 33.2 Å². The van der Waals surface area contributed by atoms with E-state index in [4.69, 9.17) is 9.63 Å². The second-order valence-electron chi connectivity index (χ2n) is 2.20. The molecule has 14 heavy (non-hydrogen) atoms. The van der Waals surface area contributed by atoms with Gasteiger partial charge in [-0.05, 0) is 21.1 Å². The number of carbonyl (C=O) groups is 1. The minimum absolute atomic E-state index is 0.0931. The number of carboxylic acids is 1. The van der Waals surface area contributed by atoms with Gasteiger partial charge in [-0.2, -0.15) is 4.98 Å². The van der Waals surface area contributed by atoms with Crippen molar-refractivity contribution in [1.29, 1.82) is 0 Å². The maximum atomic E-state index is 10.5. The number of rotatable bonds is 2. The minimum atomic E-state index is -1.23. The summed E-state index contributed by atoms with van der Waals surface area (Å²) in [7, 11) is 0. The largest absolute Gasteiger partial charge is 0.475 e. The van der Waals surface area contributed by atoms with E-state index < -0.39 is 5.97 Å². The van der Waals surface area contributed by atoms with Crippen LogP contribution in [0.1, 0.15) is 10.6 Å². The van der Waals surface area contributed by atoms with E-state index in [1.807, 2.05) is 0 Å². The van der Waals surface area contributed by atoms with Crippen LogP contribution in [0.4, 0.5) is 0 Å². The number of hydrogen-bond donors (Lipinski definition) is 1. The molecule has 8 heteroatoms. The average molecular weight is 276 g/mol. The van der Waals surface area contributed by atoms with Crippen LogP contribution in [-0.2, 0) is 0 Å². The van der Waals surface area contributed by atoms with Crippen LogP contribution in [0.5, 0.6) is 0 Å². The van der Waals surface area contributed by atoms with Crippen molar-refractivity contribution in [1.82, 2.24) is 15.1 Å². The molecule has 0 saturated heterocycles. The molecule has 0 aliphatic rings. The molecule has 0 spiro atoms. The van der Waals surface area contributed by atoms with Crippen molar-refractivity contribution in [2.75, 3.05) is 0 Å². The minimum Gasteiger partial charge on any atom is -0.475 e. The molecule has 6 nitrogen and oxygen atoms in total. The fraction of sp³-hybridized carbons (Fsp3) is 0. The van der Waals surface area contributed by atoms with E-state index in [9.17, 15) is 4.79 Å². The Bertz CT molecular complexity index is 480. The SMILES string of the molecule is O=C(O)c1noc(-c2ncsc2Br)n1. The van der Waals surface area contributed by atoms with Gasteiger partial charge in [0.25, 0.3) is 11.7 Å². The number of hydrogen-bond acceptors (Lipinski definition) is 6. The number of thiazole rings is 1. The molecule has 1 N–H and O–H groups in total. The zero-order chi connectivity index (χ0) is 10.1. The van der Waals surface area contributed by atoms with Gasteiger partial charge in [0.2, 0.25) is 0 Å². The van der Waals surface area contributed by atoms with Gasteiger partial charge >= 0.3 is 5.97 Å². The van der Waals surface area contributed by atoms with Crippen LogP contribution in [0.25, 0.3) is 11.6 Å². The van der Waals surface area contributed by atoms with Crippen LogP contribution in [0.15, 0.2) is 13.8 Å². The smallest absolute Gasteiger partial charge is 0.377 e. The lowest BCUT2D eigenvalue weighted by atomic mass is 10.5. The lowest BCUT2D eigenvalue weighted by Crippen LogP contribution is -1.98. The normalized spacial score (nSPS) is 10.4. The van der Waals surface area contributed by atoms with Gasteiger partial charge in [-0.15, -0.1) is 11.3 Å². The Morgan fingerprint density at radius 1 is 1.64 bits per heavy atom. The number of aromatic nitrogens is 3. The van der Waals surface area contributed by atoms with Crippen molar-refractivity contribution < 1.29 is 14.4 Å². The molecule has 2 rings (SSSR count). The lowest BCUT2D eigenvalue weighted by Gasteiger charge is -1.84. The standard InChI is InChI=1S/C6H2BrN3O3S/c7-3-2(8-1-14-3)5-9-4(6(11)12)10-13-5/h1H,(H,11,12). The molecule has 0 aliphatic carbocycles. The van der Waals surface area contributed by atoms with E-state index in [2.05, 4.69) is 31.1 Å². The van der Waals surface area contributed by atoms with Gasteiger partial charge in [0.05, 0.1) is 5.51 Å². The molecule has 0 amide bonds. The van der Waals surface area contributed by atoms with Crippen LogP contribution in [-0.4, -0.2) is 26.2 Å². The molecule has 0 aliphatic heterocycles. The van der Waals surface area contributed by atoms with Crippen molar-refractivity contribution in [3.63, 3.8) is 0 Å². The third-order valence-electron chi connectivity index (χ3n) is 1.34. The highest BCUT2D eigenvalue weighted by atomic mass is 79.9. The summed E-state index contributed by atoms with van der Waals surface area (Å²) in [6, 6.07) is 0. The first kappa shape index (κ1) is 9.28. The zero-order valence-corrected chi connectivity index (χ0v) is 8.87. The summed E-state index contributed by atoms with van der Waals surface area (Å²) in [6.07, 6.45) is 0. The zero-order valence-electron chi connectivity index (χ0n) is 6.47. The summed E-state index contributed by atoms with van der Waals surface area (Å²) in [4.78, 5) is 18.0. The molecule has 0 bridgehead atoms. The Labute approximate surface area is 89.7 Å². The Morgan fingerprint density at radius 3 is 2.93 bits per heavy atom. The third-order valence-corrected chi connectivity index (χ3v) is 2.89. The number of carboxylic acid groups (broad SMARTS) is 1. The van der Waals surface area contributed by atoms with E-state index in [0.717, 1.165) is 3.79 Å². The highest BCUT2D eigenvalue weighted by Gasteiger charge is 2.17. The first-order valence-electron chi connectivity index (χ1n) is 3.35. The first-order valence-corrected chi connectivity index (χ1v) is 5.02. The number of nitrogens with zero attached hydrogens (tertiary/aromatic N) is 3. The molecule has 0 fully saturated rings. The van der Waals surface area contributed by atoms with Crippen LogP contribution in [0.2, 0.25) is 0 Å². The molecule has 2 heterocycles. The van der Waals surface area contributed by atoms with Gasteiger partial charge in [-0.1, -0.05) is 0 Å². The molecule has 2 aromatic heterocycles. The van der Waals surface area contributed by atoms with E-state index in [0.29, 0.717) is 5.69 Å². The summed E-state index contributed by atoms with van der Waals surface area (Å²) < 4.78 is 5.44. The van der Waals surface area contributed by atoms with Gasteiger partial charge in [0.15, 0.2) is 5.69 Å². The molecule has 72 valence electrons. The molecule has 0 radical (unpaired) electrons. The predicted molar refractivity (Wildman–Crippen MR) is 50.1 cm³/mol. The van der Waals surface area contributed by atoms with Crippen LogP contribution < -0.4 is 0 Å². The predicted octanol–water partition coefficient (Wildman–Crippen LogP) is 1.65. The van der Waals surface area contributed by atoms with E-state index in [-0.39, 0.29) is 11.7 Å². The maximum Gasteiger partial charge on any atom is 0.377 e. The third kappa shape index (κ3) is 1.53. The van der Waals surface area contributed by atoms with Crippen LogP contribution >= 0.6 is 27.3 Å². The quantitative estimate of drug-likeness (QED) is 0.897. The van der Waals surface area contributed by atoms with Crippen LogP contribution in [0.3, 0.4) is 0 Å². The van der Waals surface area contributed by atoms with Crippen molar-refractivity contribution in [2.24, 2.45) is 0 Å². The fourth-order valence-corrected chi connectivity index (χ4v) is 1.80. The molecule has 2 aromatic rings. The summed E-state index contributed by atoms with van der Waals surface area (Å²) >= 11 is 4.58. The average Bonchev–Trinajstić information content (AvgIpc) is 2.71. The molecule has 0 unspecified atom stereocenters. The van der Waals surface area contributed by atoms with Crippen molar-refractivity contribution in [2.45, 2.75) is 0 Å². The Balaban J connectivity index is 2.43. The van der Waals surface area contributed by atoms with Crippen molar-refractivity contribution in [3.05, 3.63) is 15.1 Å². The van der Waals surface area contributed by atoms with Crippen LogP contribution in [0, 0.1) is 0 Å². The Hall–Kier alpha value is -1.28. The molecule has 0 saturated carbocycles. The first-order chi connectivity index (χ1) is 6.68. The van der Waals surface area contributed by atoms with Gasteiger partial charge < -0.3 is 9.63 Å². The Morgan fingerprint density at radius 2 is 2.43 bits per heavy atom. The highest BCUT2D eigenvalue weighted by Crippen LogP contribution is 2.28. The monoisotopic (exact) mass is 275 g/mol. The second-order valence-corrected chi connectivity index (χ2v) is 4.38. The topological polar surface area (TPSA) is 89.1 Å². The summed E-state index contributed by atoms with van der Waals surface area (Å²) in [5.41, 5.74) is 2.04. The maximum absolute atomic E-state index is 10.5. The molecule has 0 atom stereocenters. The van der Waals surface area contributed by atoms with E-state index >= 15 is 0 Å². The van der Waals surface area contributed by atoms with E-state index in [1.54, 1.807) is 5.51 Å². The molecular weight excluding hydrogens is 274 g/mol. The molecule has 0 aromatic carbocycles. The molecular formula is C6H2BrN3O3S. The summed E-state index contributed by atoms with van der Waals surface area (Å²) in [5, 5.41) is 11.8. The van der Waals surface area contributed by atoms with Gasteiger partial charge in [-0.3, -0.25) is 0 Å². The number of halogens is 1. The van der Waals surface area contributed by atoms with E-state index in [1.165, 1.54) is 11.3 Å². The Kier molecular flexibility index (Phi) is 2.30. The fourth-order valence-electron chi connectivity index (χ4n) is 0.778. The van der Waals surface area contributed by atoms with Gasteiger partial charge in [0.1, 0.15) is 3.79 Å². The summed E-state index contributed by atoms with van der Waals surface area (Å²) in [5.74, 6) is -1.51. The lowest BCUT2D eigenvalue weighted by molar-refractivity contribution is 0.0680. The highest BCUT2D eigenvalue weighted by molar-refractivity contribution is 9.11. The summed E-state index contributed by atoms with van der Waals surface area (Å²) in [6.45, 7) is 0. The van der Waals surface area contributed by atoms with Crippen molar-refractivity contribution in [3.8, 4) is 11.6 Å².